The number of nitrogens with one attached hydrogen (secondary N) is 3. The Hall–Kier alpha value is -2.34. The second-order valence-corrected chi connectivity index (χ2v) is 4.95. The fraction of sp³-hybridized carbons (Fsp3) is 0.154. The number of nitrogens with zero attached hydrogens (tertiary/aromatic N) is 2. The third-order valence-electron chi connectivity index (χ3n) is 2.95. The van der Waals surface area contributed by atoms with Gasteiger partial charge in [-0.1, -0.05) is 11.6 Å². The van der Waals surface area contributed by atoms with Crippen molar-refractivity contribution in [2.24, 2.45) is 0 Å². The molecule has 1 amide bonds. The molecule has 20 heavy (non-hydrogen) atoms. The van der Waals surface area contributed by atoms with E-state index in [1.807, 2.05) is 13.0 Å². The molecule has 0 radical (unpaired) electrons. The average Bonchev–Trinajstić information content (AvgIpc) is 2.95. The molecule has 0 saturated carbocycles. The number of H-pyrrole nitrogens is 2. The molecule has 3 rings (SSSR count). The Morgan fingerprint density at radius 1 is 1.40 bits per heavy atom. The number of amides is 1. The number of carbonyl (C=O) groups excluding carboxylic acids is 1. The smallest absolute Gasteiger partial charge is 0.221 e. The number of fused-ring (bicyclic) bond motifs is 1. The van der Waals surface area contributed by atoms with Gasteiger partial charge in [0.2, 0.25) is 5.91 Å². The highest BCUT2D eigenvalue weighted by Crippen LogP contribution is 2.27. The van der Waals surface area contributed by atoms with Crippen LogP contribution in [-0.4, -0.2) is 26.1 Å². The summed E-state index contributed by atoms with van der Waals surface area (Å²) in [4.78, 5) is 18.8. The van der Waals surface area contributed by atoms with Crippen molar-refractivity contribution in [3.05, 3.63) is 28.9 Å². The molecule has 0 atom stereocenters. The molecule has 3 N–H and O–H groups in total. The normalized spacial score (nSPS) is 10.9. The summed E-state index contributed by atoms with van der Waals surface area (Å²) >= 11 is 6.09. The van der Waals surface area contributed by atoms with Gasteiger partial charge in [0.25, 0.3) is 0 Å². The van der Waals surface area contributed by atoms with Crippen molar-refractivity contribution in [2.75, 3.05) is 5.32 Å². The van der Waals surface area contributed by atoms with Gasteiger partial charge in [-0.3, -0.25) is 9.89 Å². The maximum atomic E-state index is 11.2. The van der Waals surface area contributed by atoms with Crippen molar-refractivity contribution in [1.82, 2.24) is 20.2 Å². The van der Waals surface area contributed by atoms with Gasteiger partial charge in [0.15, 0.2) is 5.82 Å². The summed E-state index contributed by atoms with van der Waals surface area (Å²) in [6.07, 6.45) is 1.54. The van der Waals surface area contributed by atoms with Crippen molar-refractivity contribution in [3.8, 4) is 11.5 Å². The number of hydrogen-bond donors (Lipinski definition) is 3. The van der Waals surface area contributed by atoms with Crippen LogP contribution in [-0.2, 0) is 4.79 Å². The third-order valence-corrected chi connectivity index (χ3v) is 3.36. The SMILES string of the molecule is CC(=O)Nc1cn[nH]c1-c1nc2cc(Cl)c(C)cc2[nH]1. The molecule has 0 aliphatic carbocycles. The van der Waals surface area contributed by atoms with Gasteiger partial charge >= 0.3 is 0 Å². The summed E-state index contributed by atoms with van der Waals surface area (Å²) in [5.41, 5.74) is 3.83. The first-order valence-electron chi connectivity index (χ1n) is 6.02. The lowest BCUT2D eigenvalue weighted by atomic mass is 10.2. The Bertz CT molecular complexity index is 765. The number of benzene rings is 1. The predicted octanol–water partition coefficient (Wildman–Crippen LogP) is 2.87. The van der Waals surface area contributed by atoms with E-state index in [4.69, 9.17) is 11.6 Å². The zero-order chi connectivity index (χ0) is 14.3. The number of imidazole rings is 1. The van der Waals surface area contributed by atoms with Crippen LogP contribution in [0.4, 0.5) is 5.69 Å². The van der Waals surface area contributed by atoms with Crippen LogP contribution in [0.15, 0.2) is 18.3 Å². The third kappa shape index (κ3) is 2.14. The lowest BCUT2D eigenvalue weighted by Gasteiger charge is -1.99. The number of aromatic amines is 2. The molecule has 2 heterocycles. The van der Waals surface area contributed by atoms with Crippen molar-refractivity contribution >= 4 is 34.2 Å². The highest BCUT2D eigenvalue weighted by atomic mass is 35.5. The summed E-state index contributed by atoms with van der Waals surface area (Å²) in [6, 6.07) is 3.74. The van der Waals surface area contributed by atoms with Gasteiger partial charge < -0.3 is 10.3 Å². The van der Waals surface area contributed by atoms with E-state index in [1.165, 1.54) is 6.92 Å². The van der Waals surface area contributed by atoms with Gasteiger partial charge in [-0.15, -0.1) is 0 Å². The summed E-state index contributed by atoms with van der Waals surface area (Å²) in [5, 5.41) is 10.1. The van der Waals surface area contributed by atoms with Gasteiger partial charge in [0.1, 0.15) is 5.69 Å². The topological polar surface area (TPSA) is 86.5 Å². The van der Waals surface area contributed by atoms with Crippen LogP contribution in [0, 0.1) is 6.92 Å². The van der Waals surface area contributed by atoms with Crippen LogP contribution in [0.3, 0.4) is 0 Å². The first kappa shape index (κ1) is 12.7. The fourth-order valence-electron chi connectivity index (χ4n) is 2.01. The molecule has 0 spiro atoms. The maximum Gasteiger partial charge on any atom is 0.221 e. The van der Waals surface area contributed by atoms with Crippen LogP contribution in [0.5, 0.6) is 0 Å². The number of aryl methyl sites for hydroxylation is 1. The fourth-order valence-corrected chi connectivity index (χ4v) is 2.17. The van der Waals surface area contributed by atoms with E-state index in [1.54, 1.807) is 12.3 Å². The van der Waals surface area contributed by atoms with Gasteiger partial charge in [0, 0.05) is 11.9 Å². The molecule has 0 aliphatic heterocycles. The van der Waals surface area contributed by atoms with E-state index in [9.17, 15) is 4.79 Å². The number of halogens is 1. The number of rotatable bonds is 2. The van der Waals surface area contributed by atoms with Gasteiger partial charge in [-0.2, -0.15) is 5.10 Å². The standard InChI is InChI=1S/C13H12ClN5O/c1-6-3-9-10(4-8(6)14)18-13(17-9)12-11(5-15-19-12)16-7(2)20/h3-5H,1-2H3,(H,15,19)(H,16,20)(H,17,18). The van der Waals surface area contributed by atoms with Crippen molar-refractivity contribution in [2.45, 2.75) is 13.8 Å². The molecule has 6 nitrogen and oxygen atoms in total. The lowest BCUT2D eigenvalue weighted by molar-refractivity contribution is -0.114. The number of carbonyl (C=O) groups is 1. The van der Waals surface area contributed by atoms with E-state index in [2.05, 4.69) is 25.5 Å². The molecule has 7 heteroatoms. The molecule has 0 unspecified atom stereocenters. The summed E-state index contributed by atoms with van der Waals surface area (Å²) in [7, 11) is 0. The van der Waals surface area contributed by atoms with Gasteiger partial charge in [-0.05, 0) is 24.6 Å². The molecule has 1 aromatic carbocycles. The van der Waals surface area contributed by atoms with E-state index in [0.29, 0.717) is 22.2 Å². The second kappa shape index (κ2) is 4.64. The highest BCUT2D eigenvalue weighted by molar-refractivity contribution is 6.32. The van der Waals surface area contributed by atoms with Crippen molar-refractivity contribution < 1.29 is 4.79 Å². The minimum absolute atomic E-state index is 0.164. The molecule has 0 fully saturated rings. The summed E-state index contributed by atoms with van der Waals surface area (Å²) in [5.74, 6) is 0.436. The molecule has 0 bridgehead atoms. The highest BCUT2D eigenvalue weighted by Gasteiger charge is 2.13. The zero-order valence-corrected chi connectivity index (χ0v) is 11.7. The van der Waals surface area contributed by atoms with Gasteiger partial charge in [0.05, 0.1) is 22.9 Å². The maximum absolute atomic E-state index is 11.2. The van der Waals surface area contributed by atoms with E-state index in [-0.39, 0.29) is 5.91 Å². The number of hydrogen-bond acceptors (Lipinski definition) is 3. The largest absolute Gasteiger partial charge is 0.337 e. The minimum atomic E-state index is -0.164. The Morgan fingerprint density at radius 3 is 2.95 bits per heavy atom. The van der Waals surface area contributed by atoms with Gasteiger partial charge in [-0.25, -0.2) is 4.98 Å². The van der Waals surface area contributed by atoms with Crippen LogP contribution in [0.2, 0.25) is 5.02 Å². The van der Waals surface area contributed by atoms with Crippen LogP contribution >= 0.6 is 11.6 Å². The van der Waals surface area contributed by atoms with E-state index >= 15 is 0 Å². The Labute approximate surface area is 119 Å². The molecular formula is C13H12ClN5O. The lowest BCUT2D eigenvalue weighted by Crippen LogP contribution is -2.06. The first-order valence-corrected chi connectivity index (χ1v) is 6.39. The first-order chi connectivity index (χ1) is 9.54. The summed E-state index contributed by atoms with van der Waals surface area (Å²) in [6.45, 7) is 3.37. The second-order valence-electron chi connectivity index (χ2n) is 4.54. The number of anilines is 1. The summed E-state index contributed by atoms with van der Waals surface area (Å²) < 4.78 is 0. The molecule has 102 valence electrons. The van der Waals surface area contributed by atoms with Crippen LogP contribution in [0.1, 0.15) is 12.5 Å². The average molecular weight is 290 g/mol. The Balaban J connectivity index is 2.11. The van der Waals surface area contributed by atoms with Crippen LogP contribution in [0.25, 0.3) is 22.6 Å². The quantitative estimate of drug-likeness (QED) is 0.678. The molecular weight excluding hydrogens is 278 g/mol. The van der Waals surface area contributed by atoms with Crippen LogP contribution < -0.4 is 5.32 Å². The van der Waals surface area contributed by atoms with Crippen molar-refractivity contribution in [3.63, 3.8) is 0 Å². The molecule has 2 aromatic heterocycles. The molecule has 0 saturated heterocycles. The monoisotopic (exact) mass is 289 g/mol. The van der Waals surface area contributed by atoms with E-state index < -0.39 is 0 Å². The molecule has 0 aliphatic rings. The molecule has 3 aromatic rings. The Kier molecular flexibility index (Phi) is 2.94. The zero-order valence-electron chi connectivity index (χ0n) is 10.9. The number of aromatic nitrogens is 4. The van der Waals surface area contributed by atoms with E-state index in [0.717, 1.165) is 16.6 Å². The van der Waals surface area contributed by atoms with Crippen molar-refractivity contribution in [1.29, 1.82) is 0 Å². The Morgan fingerprint density at radius 2 is 2.20 bits per heavy atom. The minimum Gasteiger partial charge on any atom is -0.337 e. The predicted molar refractivity (Wildman–Crippen MR) is 77.7 cm³/mol.